The van der Waals surface area contributed by atoms with Crippen LogP contribution in [0, 0.1) is 5.92 Å². The number of hydrogen-bond acceptors (Lipinski definition) is 2. The fraction of sp³-hybridized carbons (Fsp3) is 0.333. The summed E-state index contributed by atoms with van der Waals surface area (Å²) in [7, 11) is 0. The molecule has 2 aromatic carbocycles. The molecule has 0 aromatic heterocycles. The Kier molecular flexibility index (Phi) is 3.84. The number of fused-ring (bicyclic) bond motifs is 1. The minimum atomic E-state index is -0.917. The average molecular weight is 297 g/mol. The van der Waals surface area contributed by atoms with E-state index in [4.69, 9.17) is 0 Å². The van der Waals surface area contributed by atoms with Crippen LogP contribution in [0.3, 0.4) is 0 Å². The van der Waals surface area contributed by atoms with Crippen LogP contribution < -0.4 is 0 Å². The topological polar surface area (TPSA) is 57.6 Å². The molecule has 1 aliphatic heterocycles. The van der Waals surface area contributed by atoms with Crippen molar-refractivity contribution in [3.63, 3.8) is 0 Å². The number of carboxylic acid groups (broad SMARTS) is 1. The van der Waals surface area contributed by atoms with Gasteiger partial charge < -0.3 is 10.0 Å². The molecule has 1 saturated heterocycles. The second-order valence-electron chi connectivity index (χ2n) is 6.01. The molecule has 22 heavy (non-hydrogen) atoms. The number of carboxylic acids is 1. The van der Waals surface area contributed by atoms with Gasteiger partial charge in [0.25, 0.3) is 5.91 Å². The van der Waals surface area contributed by atoms with E-state index in [1.54, 1.807) is 6.07 Å². The van der Waals surface area contributed by atoms with Crippen LogP contribution in [-0.4, -0.2) is 34.5 Å². The molecule has 0 radical (unpaired) electrons. The summed E-state index contributed by atoms with van der Waals surface area (Å²) in [5, 5.41) is 11.3. The van der Waals surface area contributed by atoms with Crippen LogP contribution in [0.1, 0.15) is 30.1 Å². The number of aliphatic carboxylic acids is 1. The van der Waals surface area contributed by atoms with Gasteiger partial charge in [-0.2, -0.15) is 0 Å². The molecule has 0 aliphatic carbocycles. The van der Waals surface area contributed by atoms with Gasteiger partial charge in [0.15, 0.2) is 0 Å². The van der Waals surface area contributed by atoms with Crippen molar-refractivity contribution in [3.8, 4) is 0 Å². The van der Waals surface area contributed by atoms with Crippen molar-refractivity contribution in [2.75, 3.05) is 6.54 Å². The summed E-state index contributed by atoms with van der Waals surface area (Å²) >= 11 is 0. The lowest BCUT2D eigenvalue weighted by Crippen LogP contribution is -2.49. The first-order valence-electron chi connectivity index (χ1n) is 7.59. The molecule has 1 heterocycles. The van der Waals surface area contributed by atoms with Gasteiger partial charge in [0.05, 0.1) is 0 Å². The number of benzene rings is 2. The van der Waals surface area contributed by atoms with Gasteiger partial charge in [-0.1, -0.05) is 43.3 Å². The van der Waals surface area contributed by atoms with Crippen molar-refractivity contribution in [2.24, 2.45) is 5.92 Å². The maximum atomic E-state index is 12.9. The lowest BCUT2D eigenvalue weighted by atomic mass is 9.91. The lowest BCUT2D eigenvalue weighted by molar-refractivity contribution is -0.144. The first kappa shape index (κ1) is 14.6. The van der Waals surface area contributed by atoms with E-state index in [0.717, 1.165) is 17.2 Å². The lowest BCUT2D eigenvalue weighted by Gasteiger charge is -2.36. The Morgan fingerprint density at radius 1 is 1.14 bits per heavy atom. The highest BCUT2D eigenvalue weighted by molar-refractivity contribution is 6.07. The number of amides is 1. The zero-order valence-electron chi connectivity index (χ0n) is 12.5. The maximum Gasteiger partial charge on any atom is 0.326 e. The average Bonchev–Trinajstić information content (AvgIpc) is 2.53. The molecule has 0 bridgehead atoms. The first-order valence-corrected chi connectivity index (χ1v) is 7.59. The van der Waals surface area contributed by atoms with Crippen LogP contribution in [0.25, 0.3) is 10.8 Å². The highest BCUT2D eigenvalue weighted by atomic mass is 16.4. The fourth-order valence-electron chi connectivity index (χ4n) is 3.19. The molecular weight excluding hydrogens is 278 g/mol. The van der Waals surface area contributed by atoms with E-state index in [9.17, 15) is 14.7 Å². The standard InChI is InChI=1S/C18H19NO3/c1-12-9-10-19(16(11-12)18(21)22)17(20)15-8-4-6-13-5-2-3-7-14(13)15/h2-8,12,16H,9-11H2,1H3,(H,21,22). The third-order valence-corrected chi connectivity index (χ3v) is 4.43. The van der Waals surface area contributed by atoms with Gasteiger partial charge in [0.1, 0.15) is 6.04 Å². The van der Waals surface area contributed by atoms with Crippen molar-refractivity contribution in [2.45, 2.75) is 25.8 Å². The van der Waals surface area contributed by atoms with Gasteiger partial charge >= 0.3 is 5.97 Å². The predicted octanol–water partition coefficient (Wildman–Crippen LogP) is 3.17. The molecule has 1 fully saturated rings. The third kappa shape index (κ3) is 2.56. The second kappa shape index (κ2) is 5.79. The van der Waals surface area contributed by atoms with Crippen molar-refractivity contribution >= 4 is 22.6 Å². The molecule has 1 N–H and O–H groups in total. The van der Waals surface area contributed by atoms with Crippen LogP contribution in [0.15, 0.2) is 42.5 Å². The SMILES string of the molecule is CC1CCN(C(=O)c2cccc3ccccc23)C(C(=O)O)C1. The van der Waals surface area contributed by atoms with Gasteiger partial charge in [0.2, 0.25) is 0 Å². The molecule has 2 atom stereocenters. The van der Waals surface area contributed by atoms with Crippen LogP contribution in [0.2, 0.25) is 0 Å². The highest BCUT2D eigenvalue weighted by Crippen LogP contribution is 2.27. The Hall–Kier alpha value is -2.36. The van der Waals surface area contributed by atoms with Gasteiger partial charge in [-0.25, -0.2) is 4.79 Å². The molecule has 2 aromatic rings. The monoisotopic (exact) mass is 297 g/mol. The maximum absolute atomic E-state index is 12.9. The van der Waals surface area contributed by atoms with E-state index in [1.807, 2.05) is 43.3 Å². The molecule has 2 unspecified atom stereocenters. The molecule has 4 heteroatoms. The number of nitrogens with zero attached hydrogens (tertiary/aromatic N) is 1. The van der Waals surface area contributed by atoms with Crippen LogP contribution in [0.4, 0.5) is 0 Å². The Morgan fingerprint density at radius 2 is 1.86 bits per heavy atom. The summed E-state index contributed by atoms with van der Waals surface area (Å²) in [5.74, 6) is -0.770. The molecule has 3 rings (SSSR count). The minimum absolute atomic E-state index is 0.184. The Bertz CT molecular complexity index is 720. The molecule has 0 spiro atoms. The van der Waals surface area contributed by atoms with Crippen molar-refractivity contribution in [1.29, 1.82) is 0 Å². The summed E-state index contributed by atoms with van der Waals surface area (Å²) in [5.41, 5.74) is 0.582. The summed E-state index contributed by atoms with van der Waals surface area (Å²) < 4.78 is 0. The largest absolute Gasteiger partial charge is 0.480 e. The molecular formula is C18H19NO3. The zero-order valence-corrected chi connectivity index (χ0v) is 12.5. The first-order chi connectivity index (χ1) is 10.6. The number of carbonyl (C=O) groups excluding carboxylic acids is 1. The summed E-state index contributed by atoms with van der Waals surface area (Å²) in [6.07, 6.45) is 1.37. The van der Waals surface area contributed by atoms with E-state index >= 15 is 0 Å². The number of carbonyl (C=O) groups is 2. The zero-order chi connectivity index (χ0) is 15.7. The molecule has 0 saturated carbocycles. The van der Waals surface area contributed by atoms with Gasteiger partial charge in [-0.3, -0.25) is 4.79 Å². The molecule has 4 nitrogen and oxygen atoms in total. The quantitative estimate of drug-likeness (QED) is 0.926. The minimum Gasteiger partial charge on any atom is -0.480 e. The molecule has 1 amide bonds. The van der Waals surface area contributed by atoms with Crippen molar-refractivity contribution in [1.82, 2.24) is 4.90 Å². The Labute approximate surface area is 129 Å². The molecule has 1 aliphatic rings. The van der Waals surface area contributed by atoms with Crippen LogP contribution in [0.5, 0.6) is 0 Å². The smallest absolute Gasteiger partial charge is 0.326 e. The van der Waals surface area contributed by atoms with Gasteiger partial charge in [-0.05, 0) is 35.6 Å². The molecule has 114 valence electrons. The van der Waals surface area contributed by atoms with E-state index in [-0.39, 0.29) is 5.91 Å². The Balaban J connectivity index is 1.99. The van der Waals surface area contributed by atoms with E-state index in [1.165, 1.54) is 4.90 Å². The second-order valence-corrected chi connectivity index (χ2v) is 6.01. The van der Waals surface area contributed by atoms with Gasteiger partial charge in [0, 0.05) is 12.1 Å². The van der Waals surface area contributed by atoms with Crippen LogP contribution >= 0.6 is 0 Å². The summed E-state index contributed by atoms with van der Waals surface area (Å²) in [4.78, 5) is 25.9. The number of rotatable bonds is 2. The van der Waals surface area contributed by atoms with Crippen LogP contribution in [-0.2, 0) is 4.79 Å². The van der Waals surface area contributed by atoms with E-state index in [0.29, 0.717) is 24.4 Å². The third-order valence-electron chi connectivity index (χ3n) is 4.43. The van der Waals surface area contributed by atoms with E-state index in [2.05, 4.69) is 0 Å². The highest BCUT2D eigenvalue weighted by Gasteiger charge is 2.35. The number of piperidine rings is 1. The van der Waals surface area contributed by atoms with Gasteiger partial charge in [-0.15, -0.1) is 0 Å². The Morgan fingerprint density at radius 3 is 2.64 bits per heavy atom. The van der Waals surface area contributed by atoms with E-state index < -0.39 is 12.0 Å². The summed E-state index contributed by atoms with van der Waals surface area (Å²) in [6.45, 7) is 2.54. The normalized spacial score (nSPS) is 21.8. The number of hydrogen-bond donors (Lipinski definition) is 1. The number of likely N-dealkylation sites (tertiary alicyclic amines) is 1. The fourth-order valence-corrected chi connectivity index (χ4v) is 3.19. The summed E-state index contributed by atoms with van der Waals surface area (Å²) in [6, 6.07) is 12.5. The predicted molar refractivity (Wildman–Crippen MR) is 84.8 cm³/mol. The van der Waals surface area contributed by atoms with Crippen molar-refractivity contribution in [3.05, 3.63) is 48.0 Å². The van der Waals surface area contributed by atoms with Crippen molar-refractivity contribution < 1.29 is 14.7 Å².